The van der Waals surface area contributed by atoms with Gasteiger partial charge in [0.05, 0.1) is 6.21 Å². The quantitative estimate of drug-likeness (QED) is 0.552. The number of hydrogen-bond donors (Lipinski definition) is 1. The van der Waals surface area contributed by atoms with Crippen molar-refractivity contribution in [3.63, 3.8) is 0 Å². The molecule has 0 aliphatic rings. The molecule has 21 heavy (non-hydrogen) atoms. The van der Waals surface area contributed by atoms with Crippen LogP contribution in [0.3, 0.4) is 0 Å². The predicted molar refractivity (Wildman–Crippen MR) is 89.9 cm³/mol. The molecule has 104 valence electrons. The molecule has 0 spiro atoms. The van der Waals surface area contributed by atoms with Crippen LogP contribution in [-0.4, -0.2) is 16.4 Å². The minimum absolute atomic E-state index is 0.380. The molecule has 0 saturated carbocycles. The molecule has 0 saturated heterocycles. The lowest BCUT2D eigenvalue weighted by Crippen LogP contribution is -1.97. The second kappa shape index (κ2) is 6.20. The van der Waals surface area contributed by atoms with Gasteiger partial charge in [0.2, 0.25) is 0 Å². The van der Waals surface area contributed by atoms with Gasteiger partial charge >= 0.3 is 0 Å². The number of nitrogens with zero attached hydrogens (tertiary/aromatic N) is 3. The number of fused-ring (bicyclic) bond motifs is 1. The highest BCUT2D eigenvalue weighted by atomic mass is 79.9. The van der Waals surface area contributed by atoms with Crippen LogP contribution in [0.1, 0.15) is 5.56 Å². The molecule has 0 aliphatic heterocycles. The predicted octanol–water partition coefficient (Wildman–Crippen LogP) is 4.49. The maximum atomic E-state index is 6.03. The van der Waals surface area contributed by atoms with Gasteiger partial charge in [0.1, 0.15) is 0 Å². The molecule has 6 heteroatoms. The molecular weight excluding hydrogens is 352 g/mol. The molecule has 3 rings (SSSR count). The van der Waals surface area contributed by atoms with Crippen molar-refractivity contribution >= 4 is 50.3 Å². The van der Waals surface area contributed by atoms with Gasteiger partial charge in [0.25, 0.3) is 0 Å². The Kier molecular flexibility index (Phi) is 4.13. The molecule has 0 atom stereocenters. The van der Waals surface area contributed by atoms with E-state index in [1.165, 1.54) is 0 Å². The number of aromatic nitrogens is 2. The van der Waals surface area contributed by atoms with Crippen LogP contribution in [0.5, 0.6) is 0 Å². The van der Waals surface area contributed by atoms with Crippen molar-refractivity contribution in [2.75, 3.05) is 5.43 Å². The van der Waals surface area contributed by atoms with Crippen LogP contribution >= 0.6 is 27.5 Å². The first-order valence-electron chi connectivity index (χ1n) is 6.20. The third-order valence-electron chi connectivity index (χ3n) is 2.92. The van der Waals surface area contributed by atoms with E-state index in [2.05, 4.69) is 36.7 Å². The standard InChI is InChI=1S/C15H10BrClN4/c16-13-8-4-1-5-10(13)9-18-20-15-12-7-3-2-6-11(12)14(17)19-21-15/h1-9H,(H,20,21)/b18-9-. The van der Waals surface area contributed by atoms with Crippen molar-refractivity contribution in [1.82, 2.24) is 10.2 Å². The highest BCUT2D eigenvalue weighted by Crippen LogP contribution is 2.25. The molecule has 0 bridgehead atoms. The zero-order valence-electron chi connectivity index (χ0n) is 10.8. The Labute approximate surface area is 135 Å². The van der Waals surface area contributed by atoms with Crippen LogP contribution < -0.4 is 5.43 Å². The Morgan fingerprint density at radius 2 is 1.71 bits per heavy atom. The van der Waals surface area contributed by atoms with E-state index >= 15 is 0 Å². The zero-order chi connectivity index (χ0) is 14.7. The van der Waals surface area contributed by atoms with Crippen LogP contribution in [0, 0.1) is 0 Å². The number of hydrazone groups is 1. The average Bonchev–Trinajstić information content (AvgIpc) is 2.52. The van der Waals surface area contributed by atoms with Gasteiger partial charge in [-0.05, 0) is 6.07 Å². The summed E-state index contributed by atoms with van der Waals surface area (Å²) in [6, 6.07) is 15.5. The summed E-state index contributed by atoms with van der Waals surface area (Å²) >= 11 is 9.50. The number of anilines is 1. The first-order chi connectivity index (χ1) is 10.3. The fourth-order valence-electron chi connectivity index (χ4n) is 1.90. The fourth-order valence-corrected chi connectivity index (χ4v) is 2.49. The van der Waals surface area contributed by atoms with E-state index in [9.17, 15) is 0 Å². The number of rotatable bonds is 3. The zero-order valence-corrected chi connectivity index (χ0v) is 13.1. The largest absolute Gasteiger partial charge is 0.259 e. The molecule has 0 amide bonds. The number of hydrogen-bond acceptors (Lipinski definition) is 4. The van der Waals surface area contributed by atoms with Crippen LogP contribution in [0.15, 0.2) is 58.1 Å². The summed E-state index contributed by atoms with van der Waals surface area (Å²) < 4.78 is 0.975. The summed E-state index contributed by atoms with van der Waals surface area (Å²) in [7, 11) is 0. The van der Waals surface area contributed by atoms with E-state index in [4.69, 9.17) is 11.6 Å². The minimum atomic E-state index is 0.380. The molecule has 0 radical (unpaired) electrons. The highest BCUT2D eigenvalue weighted by Gasteiger charge is 2.06. The van der Waals surface area contributed by atoms with Crippen LogP contribution in [-0.2, 0) is 0 Å². The summed E-state index contributed by atoms with van der Waals surface area (Å²) in [5, 5.41) is 14.3. The van der Waals surface area contributed by atoms with E-state index in [1.807, 2.05) is 48.5 Å². The highest BCUT2D eigenvalue weighted by molar-refractivity contribution is 9.10. The van der Waals surface area contributed by atoms with Gasteiger partial charge in [-0.2, -0.15) is 5.10 Å². The van der Waals surface area contributed by atoms with E-state index in [-0.39, 0.29) is 0 Å². The Balaban J connectivity index is 1.89. The Morgan fingerprint density at radius 1 is 1.00 bits per heavy atom. The smallest absolute Gasteiger partial charge is 0.176 e. The fraction of sp³-hybridized carbons (Fsp3) is 0. The average molecular weight is 362 g/mol. The van der Waals surface area contributed by atoms with Crippen LogP contribution in [0.2, 0.25) is 5.15 Å². The molecule has 0 fully saturated rings. The van der Waals surface area contributed by atoms with Crippen LogP contribution in [0.4, 0.5) is 5.82 Å². The molecule has 0 unspecified atom stereocenters. The van der Waals surface area contributed by atoms with Gasteiger partial charge in [-0.3, -0.25) is 5.43 Å². The molecular formula is C15H10BrClN4. The van der Waals surface area contributed by atoms with E-state index in [0.717, 1.165) is 20.8 Å². The van der Waals surface area contributed by atoms with Gasteiger partial charge in [0, 0.05) is 20.8 Å². The molecule has 4 nitrogen and oxygen atoms in total. The Morgan fingerprint density at radius 3 is 2.52 bits per heavy atom. The molecule has 1 N–H and O–H groups in total. The second-order valence-electron chi connectivity index (χ2n) is 4.28. The number of halogens is 2. The molecule has 1 heterocycles. The lowest BCUT2D eigenvalue weighted by molar-refractivity contribution is 1.04. The van der Waals surface area contributed by atoms with Crippen molar-refractivity contribution in [1.29, 1.82) is 0 Å². The summed E-state index contributed by atoms with van der Waals surface area (Å²) in [5.74, 6) is 0.568. The van der Waals surface area contributed by atoms with Crippen molar-refractivity contribution in [3.8, 4) is 0 Å². The molecule has 1 aromatic heterocycles. The van der Waals surface area contributed by atoms with E-state index in [0.29, 0.717) is 11.0 Å². The van der Waals surface area contributed by atoms with E-state index in [1.54, 1.807) is 6.21 Å². The summed E-state index contributed by atoms with van der Waals surface area (Å²) in [4.78, 5) is 0. The van der Waals surface area contributed by atoms with Gasteiger partial charge in [-0.1, -0.05) is 70.0 Å². The first kappa shape index (κ1) is 14.0. The third-order valence-corrected chi connectivity index (χ3v) is 3.92. The van der Waals surface area contributed by atoms with Crippen molar-refractivity contribution < 1.29 is 0 Å². The summed E-state index contributed by atoms with van der Waals surface area (Å²) in [6.45, 7) is 0. The normalized spacial score (nSPS) is 11.1. The summed E-state index contributed by atoms with van der Waals surface area (Å²) in [5.41, 5.74) is 3.88. The lowest BCUT2D eigenvalue weighted by Gasteiger charge is -2.04. The summed E-state index contributed by atoms with van der Waals surface area (Å²) in [6.07, 6.45) is 1.72. The van der Waals surface area contributed by atoms with Gasteiger partial charge in [-0.15, -0.1) is 10.2 Å². The third kappa shape index (κ3) is 3.04. The first-order valence-corrected chi connectivity index (χ1v) is 7.37. The second-order valence-corrected chi connectivity index (χ2v) is 5.49. The molecule has 3 aromatic rings. The van der Waals surface area contributed by atoms with Crippen LogP contribution in [0.25, 0.3) is 10.8 Å². The van der Waals surface area contributed by atoms with Crippen molar-refractivity contribution in [3.05, 3.63) is 63.7 Å². The van der Waals surface area contributed by atoms with Crippen molar-refractivity contribution in [2.24, 2.45) is 5.10 Å². The van der Waals surface area contributed by atoms with Gasteiger partial charge < -0.3 is 0 Å². The van der Waals surface area contributed by atoms with E-state index < -0.39 is 0 Å². The molecule has 0 aliphatic carbocycles. The topological polar surface area (TPSA) is 50.2 Å². The lowest BCUT2D eigenvalue weighted by atomic mass is 10.2. The van der Waals surface area contributed by atoms with Crippen molar-refractivity contribution in [2.45, 2.75) is 0 Å². The minimum Gasteiger partial charge on any atom is -0.259 e. The molecule has 2 aromatic carbocycles. The number of benzene rings is 2. The Hall–Kier alpha value is -1.98. The maximum Gasteiger partial charge on any atom is 0.176 e. The SMILES string of the molecule is Clc1nnc(N/N=C\c2ccccc2Br)c2ccccc12. The van der Waals surface area contributed by atoms with Gasteiger partial charge in [-0.25, -0.2) is 0 Å². The number of nitrogens with one attached hydrogen (secondary N) is 1. The van der Waals surface area contributed by atoms with Gasteiger partial charge in [0.15, 0.2) is 11.0 Å². The maximum absolute atomic E-state index is 6.03. The monoisotopic (exact) mass is 360 g/mol. The Bertz CT molecular complexity index is 820.